The van der Waals surface area contributed by atoms with E-state index in [4.69, 9.17) is 11.6 Å². The van der Waals surface area contributed by atoms with E-state index in [1.54, 1.807) is 6.20 Å². The normalized spacial score (nSPS) is 10.5. The van der Waals surface area contributed by atoms with Crippen LogP contribution in [-0.2, 0) is 0 Å². The Balaban J connectivity index is 2.35. The molecule has 0 aliphatic heterocycles. The first kappa shape index (κ1) is 12.5. The molecule has 2 rings (SSSR count). The second-order valence-electron chi connectivity index (χ2n) is 3.64. The lowest BCUT2D eigenvalue weighted by atomic mass is 10.3. The SMILES string of the molecule is CCCNc1nccn1-c1ccc(Br)cc1Cl. The number of hydrogen-bond acceptors (Lipinski definition) is 2. The lowest BCUT2D eigenvalue weighted by Gasteiger charge is -2.10. The van der Waals surface area contributed by atoms with Crippen LogP contribution in [0.5, 0.6) is 0 Å². The molecule has 1 N–H and O–H groups in total. The van der Waals surface area contributed by atoms with Crippen molar-refractivity contribution in [2.24, 2.45) is 0 Å². The van der Waals surface area contributed by atoms with Gasteiger partial charge in [-0.1, -0.05) is 34.5 Å². The van der Waals surface area contributed by atoms with Gasteiger partial charge in [0.25, 0.3) is 0 Å². The van der Waals surface area contributed by atoms with Crippen LogP contribution in [0.1, 0.15) is 13.3 Å². The van der Waals surface area contributed by atoms with Crippen molar-refractivity contribution in [2.45, 2.75) is 13.3 Å². The van der Waals surface area contributed by atoms with Gasteiger partial charge in [0.2, 0.25) is 5.95 Å². The van der Waals surface area contributed by atoms with E-state index in [1.165, 1.54) is 0 Å². The second-order valence-corrected chi connectivity index (χ2v) is 4.97. The van der Waals surface area contributed by atoms with Gasteiger partial charge in [0.15, 0.2) is 0 Å². The molecule has 0 spiro atoms. The Kier molecular flexibility index (Phi) is 4.07. The number of nitrogens with one attached hydrogen (secondary N) is 1. The average molecular weight is 315 g/mol. The molecule has 0 bridgehead atoms. The zero-order valence-corrected chi connectivity index (χ0v) is 11.8. The number of nitrogens with zero attached hydrogens (tertiary/aromatic N) is 2. The van der Waals surface area contributed by atoms with Crippen LogP contribution in [0.25, 0.3) is 5.69 Å². The minimum Gasteiger partial charge on any atom is -0.355 e. The van der Waals surface area contributed by atoms with Crippen LogP contribution in [0.4, 0.5) is 5.95 Å². The Morgan fingerprint density at radius 3 is 3.00 bits per heavy atom. The van der Waals surface area contributed by atoms with E-state index in [0.717, 1.165) is 29.1 Å². The maximum Gasteiger partial charge on any atom is 0.207 e. The molecular formula is C12H13BrClN3. The summed E-state index contributed by atoms with van der Waals surface area (Å²) < 4.78 is 2.92. The molecule has 2 aromatic rings. The summed E-state index contributed by atoms with van der Waals surface area (Å²) in [7, 11) is 0. The zero-order valence-electron chi connectivity index (χ0n) is 9.45. The van der Waals surface area contributed by atoms with Crippen molar-refractivity contribution < 1.29 is 0 Å². The molecule has 0 unspecified atom stereocenters. The molecule has 0 radical (unpaired) electrons. The minimum absolute atomic E-state index is 0.692. The third kappa shape index (κ3) is 2.82. The third-order valence-corrected chi connectivity index (χ3v) is 3.14. The molecule has 0 saturated heterocycles. The van der Waals surface area contributed by atoms with Crippen LogP contribution in [0.3, 0.4) is 0 Å². The number of anilines is 1. The molecule has 1 aromatic heterocycles. The quantitative estimate of drug-likeness (QED) is 0.920. The highest BCUT2D eigenvalue weighted by atomic mass is 79.9. The van der Waals surface area contributed by atoms with Crippen LogP contribution < -0.4 is 5.32 Å². The van der Waals surface area contributed by atoms with Crippen molar-refractivity contribution in [3.63, 3.8) is 0 Å². The number of aromatic nitrogens is 2. The minimum atomic E-state index is 0.692. The van der Waals surface area contributed by atoms with Gasteiger partial charge >= 0.3 is 0 Å². The highest BCUT2D eigenvalue weighted by molar-refractivity contribution is 9.10. The standard InChI is InChI=1S/C12H13BrClN3/c1-2-5-15-12-16-6-7-17(12)11-4-3-9(13)8-10(11)14/h3-4,6-8H,2,5H2,1H3,(H,15,16). The van der Waals surface area contributed by atoms with Gasteiger partial charge in [-0.15, -0.1) is 0 Å². The Morgan fingerprint density at radius 1 is 1.47 bits per heavy atom. The van der Waals surface area contributed by atoms with Crippen molar-refractivity contribution in [3.05, 3.63) is 40.1 Å². The molecule has 0 aliphatic carbocycles. The molecule has 1 heterocycles. The molecule has 3 nitrogen and oxygen atoms in total. The number of hydrogen-bond donors (Lipinski definition) is 1. The average Bonchev–Trinajstić information content (AvgIpc) is 2.74. The van der Waals surface area contributed by atoms with Gasteiger partial charge < -0.3 is 5.32 Å². The summed E-state index contributed by atoms with van der Waals surface area (Å²) in [6, 6.07) is 5.80. The van der Waals surface area contributed by atoms with Crippen LogP contribution >= 0.6 is 27.5 Å². The Morgan fingerprint density at radius 2 is 2.29 bits per heavy atom. The van der Waals surface area contributed by atoms with E-state index < -0.39 is 0 Å². The molecule has 1 aromatic carbocycles. The zero-order chi connectivity index (χ0) is 12.3. The molecule has 0 atom stereocenters. The maximum atomic E-state index is 6.22. The molecule has 90 valence electrons. The van der Waals surface area contributed by atoms with E-state index in [-0.39, 0.29) is 0 Å². The van der Waals surface area contributed by atoms with Crippen molar-refractivity contribution in [2.75, 3.05) is 11.9 Å². The van der Waals surface area contributed by atoms with Crippen LogP contribution in [0.15, 0.2) is 35.1 Å². The molecular weight excluding hydrogens is 302 g/mol. The summed E-state index contributed by atoms with van der Waals surface area (Å²) >= 11 is 9.62. The van der Waals surface area contributed by atoms with Crippen LogP contribution in [0, 0.1) is 0 Å². The van der Waals surface area contributed by atoms with Gasteiger partial charge in [-0.25, -0.2) is 4.98 Å². The summed E-state index contributed by atoms with van der Waals surface area (Å²) in [5.74, 6) is 0.816. The van der Waals surface area contributed by atoms with E-state index >= 15 is 0 Å². The maximum absolute atomic E-state index is 6.22. The summed E-state index contributed by atoms with van der Waals surface area (Å²) in [5.41, 5.74) is 0.922. The molecule has 0 aliphatic rings. The fraction of sp³-hybridized carbons (Fsp3) is 0.250. The topological polar surface area (TPSA) is 29.9 Å². The lowest BCUT2D eigenvalue weighted by molar-refractivity contribution is 0.937. The van der Waals surface area contributed by atoms with Gasteiger partial charge in [0.05, 0.1) is 10.7 Å². The van der Waals surface area contributed by atoms with E-state index in [9.17, 15) is 0 Å². The predicted molar refractivity (Wildman–Crippen MR) is 75.1 cm³/mol. The third-order valence-electron chi connectivity index (χ3n) is 2.34. The first-order chi connectivity index (χ1) is 8.22. The lowest BCUT2D eigenvalue weighted by Crippen LogP contribution is -2.06. The van der Waals surface area contributed by atoms with E-state index in [0.29, 0.717) is 5.02 Å². The van der Waals surface area contributed by atoms with Gasteiger partial charge in [0.1, 0.15) is 0 Å². The van der Waals surface area contributed by atoms with Gasteiger partial charge in [0, 0.05) is 23.4 Å². The van der Waals surface area contributed by atoms with Crippen molar-refractivity contribution in [3.8, 4) is 5.69 Å². The summed E-state index contributed by atoms with van der Waals surface area (Å²) in [6.45, 7) is 3.01. The van der Waals surface area contributed by atoms with Crippen molar-refractivity contribution in [1.82, 2.24) is 9.55 Å². The van der Waals surface area contributed by atoms with Crippen LogP contribution in [0.2, 0.25) is 5.02 Å². The summed E-state index contributed by atoms with van der Waals surface area (Å²) in [6.07, 6.45) is 4.71. The van der Waals surface area contributed by atoms with E-state index in [1.807, 2.05) is 29.0 Å². The second kappa shape index (κ2) is 5.56. The van der Waals surface area contributed by atoms with Gasteiger partial charge in [-0.05, 0) is 24.6 Å². The molecule has 0 fully saturated rings. The number of rotatable bonds is 4. The molecule has 0 saturated carbocycles. The largest absolute Gasteiger partial charge is 0.355 e. The highest BCUT2D eigenvalue weighted by Gasteiger charge is 2.07. The first-order valence-corrected chi connectivity index (χ1v) is 6.62. The van der Waals surface area contributed by atoms with E-state index in [2.05, 4.69) is 33.2 Å². The fourth-order valence-corrected chi connectivity index (χ4v) is 2.31. The molecule has 0 amide bonds. The monoisotopic (exact) mass is 313 g/mol. The smallest absolute Gasteiger partial charge is 0.207 e. The Bertz CT molecular complexity index is 510. The highest BCUT2D eigenvalue weighted by Crippen LogP contribution is 2.26. The molecule has 17 heavy (non-hydrogen) atoms. The van der Waals surface area contributed by atoms with Crippen LogP contribution in [-0.4, -0.2) is 16.1 Å². The number of halogens is 2. The number of imidazole rings is 1. The molecule has 5 heteroatoms. The predicted octanol–water partition coefficient (Wildman–Crippen LogP) is 4.11. The summed E-state index contributed by atoms with van der Waals surface area (Å²) in [4.78, 5) is 4.28. The summed E-state index contributed by atoms with van der Waals surface area (Å²) in [5, 5.41) is 3.96. The number of benzene rings is 1. The van der Waals surface area contributed by atoms with Crippen molar-refractivity contribution >= 4 is 33.5 Å². The first-order valence-electron chi connectivity index (χ1n) is 5.45. The van der Waals surface area contributed by atoms with Gasteiger partial charge in [-0.3, -0.25) is 4.57 Å². The van der Waals surface area contributed by atoms with Crippen molar-refractivity contribution in [1.29, 1.82) is 0 Å². The fourth-order valence-electron chi connectivity index (χ4n) is 1.54. The Labute approximate surface area is 114 Å². The van der Waals surface area contributed by atoms with Gasteiger partial charge in [-0.2, -0.15) is 0 Å². The Hall–Kier alpha value is -1.000.